The van der Waals surface area contributed by atoms with E-state index in [1.807, 2.05) is 55.6 Å². The van der Waals surface area contributed by atoms with Crippen LogP contribution in [0.25, 0.3) is 16.7 Å². The van der Waals surface area contributed by atoms with E-state index in [0.717, 1.165) is 45.5 Å². The first kappa shape index (κ1) is 19.8. The predicted molar refractivity (Wildman–Crippen MR) is 123 cm³/mol. The van der Waals surface area contributed by atoms with Crippen molar-refractivity contribution in [3.63, 3.8) is 0 Å². The lowest BCUT2D eigenvalue weighted by Crippen LogP contribution is -2.28. The fourth-order valence-electron chi connectivity index (χ4n) is 3.84. The first-order valence-electron chi connectivity index (χ1n) is 10.5. The molecule has 1 N–H and O–H groups in total. The Morgan fingerprint density at radius 1 is 0.906 bits per heavy atom. The Balaban J connectivity index is 1.35. The minimum atomic E-state index is -0.296. The first-order valence-corrected chi connectivity index (χ1v) is 10.5. The van der Waals surface area contributed by atoms with Crippen LogP contribution in [-0.2, 0) is 6.42 Å². The zero-order valence-corrected chi connectivity index (χ0v) is 17.6. The smallest absolute Gasteiger partial charge is 0.289 e. The number of pyridine rings is 2. The third kappa shape index (κ3) is 3.90. The van der Waals surface area contributed by atoms with Gasteiger partial charge in [-0.3, -0.25) is 14.8 Å². The van der Waals surface area contributed by atoms with E-state index < -0.39 is 0 Å². The van der Waals surface area contributed by atoms with Crippen molar-refractivity contribution >= 4 is 11.5 Å². The van der Waals surface area contributed by atoms with Crippen LogP contribution in [-0.4, -0.2) is 25.8 Å². The number of rotatable bonds is 5. The molecule has 32 heavy (non-hydrogen) atoms. The summed E-state index contributed by atoms with van der Waals surface area (Å²) in [6, 6.07) is 15.7. The van der Waals surface area contributed by atoms with Gasteiger partial charge in [-0.2, -0.15) is 0 Å². The molecule has 0 aliphatic heterocycles. The van der Waals surface area contributed by atoms with Gasteiger partial charge in [0.1, 0.15) is 0 Å². The van der Waals surface area contributed by atoms with E-state index >= 15 is 0 Å². The van der Waals surface area contributed by atoms with Gasteiger partial charge in [0.2, 0.25) is 5.82 Å². The molecular weight excluding hydrogens is 398 g/mol. The number of fused-ring (bicyclic) bond motifs is 1. The minimum absolute atomic E-state index is 0.130. The van der Waals surface area contributed by atoms with Crippen LogP contribution in [0.1, 0.15) is 46.0 Å². The summed E-state index contributed by atoms with van der Waals surface area (Å²) < 4.78 is 0. The summed E-state index contributed by atoms with van der Waals surface area (Å²) in [5.41, 5.74) is 7.12. The molecule has 1 atom stereocenters. The van der Waals surface area contributed by atoms with Crippen LogP contribution < -0.4 is 5.32 Å². The summed E-state index contributed by atoms with van der Waals surface area (Å²) in [5.74, 6) is -0.144. The van der Waals surface area contributed by atoms with Crippen molar-refractivity contribution in [3.05, 3.63) is 114 Å². The summed E-state index contributed by atoms with van der Waals surface area (Å²) >= 11 is 0. The minimum Gasteiger partial charge on any atom is -0.343 e. The number of benzene rings is 1. The Bertz CT molecular complexity index is 1290. The standard InChI is InChI=1S/C26H21N5O/c1-17(18-5-3-2-4-6-18)31-26(32)25-29-15-21(16-30-25)22-7-8-24-23(22)13-20(14-28-24)19-9-11-27-12-10-19/h2-7,9-17H,8H2,1H3,(H,31,32)/t17-/m0/s1. The Hall–Kier alpha value is -4.19. The second kappa shape index (κ2) is 8.51. The van der Waals surface area contributed by atoms with E-state index in [1.165, 1.54) is 0 Å². The van der Waals surface area contributed by atoms with Crippen molar-refractivity contribution < 1.29 is 4.79 Å². The molecule has 0 fully saturated rings. The highest BCUT2D eigenvalue weighted by Crippen LogP contribution is 2.33. The van der Waals surface area contributed by atoms with Crippen molar-refractivity contribution in [2.45, 2.75) is 19.4 Å². The van der Waals surface area contributed by atoms with Crippen LogP contribution in [0.2, 0.25) is 0 Å². The monoisotopic (exact) mass is 419 g/mol. The zero-order chi connectivity index (χ0) is 21.9. The highest BCUT2D eigenvalue weighted by molar-refractivity contribution is 5.91. The van der Waals surface area contributed by atoms with E-state index in [9.17, 15) is 4.79 Å². The summed E-state index contributed by atoms with van der Waals surface area (Å²) in [4.78, 5) is 30.0. The van der Waals surface area contributed by atoms with Gasteiger partial charge in [0.05, 0.1) is 11.7 Å². The van der Waals surface area contributed by atoms with E-state index in [4.69, 9.17) is 0 Å². The largest absolute Gasteiger partial charge is 0.343 e. The van der Waals surface area contributed by atoms with Gasteiger partial charge in [-0.15, -0.1) is 0 Å². The van der Waals surface area contributed by atoms with Gasteiger partial charge >= 0.3 is 0 Å². The van der Waals surface area contributed by atoms with Gasteiger partial charge < -0.3 is 5.32 Å². The van der Waals surface area contributed by atoms with Crippen LogP contribution in [0.5, 0.6) is 0 Å². The van der Waals surface area contributed by atoms with Crippen LogP contribution in [0.15, 0.2) is 85.6 Å². The molecule has 0 unspecified atom stereocenters. The van der Waals surface area contributed by atoms with Gasteiger partial charge in [0.15, 0.2) is 0 Å². The number of amides is 1. The molecule has 0 radical (unpaired) electrons. The number of aromatic nitrogens is 4. The normalized spacial score (nSPS) is 13.2. The maximum absolute atomic E-state index is 12.6. The molecule has 6 nitrogen and oxygen atoms in total. The van der Waals surface area contributed by atoms with Gasteiger partial charge in [0.25, 0.3) is 5.91 Å². The summed E-state index contributed by atoms with van der Waals surface area (Å²) in [7, 11) is 0. The van der Waals surface area contributed by atoms with Crippen LogP contribution in [0.4, 0.5) is 0 Å². The highest BCUT2D eigenvalue weighted by Gasteiger charge is 2.20. The molecule has 6 heteroatoms. The Labute approximate surface area is 186 Å². The van der Waals surface area contributed by atoms with Gasteiger partial charge in [0, 0.05) is 54.1 Å². The van der Waals surface area contributed by atoms with E-state index in [0.29, 0.717) is 0 Å². The fourth-order valence-corrected chi connectivity index (χ4v) is 3.84. The second-order valence-corrected chi connectivity index (χ2v) is 7.68. The fraction of sp³-hybridized carbons (Fsp3) is 0.115. The lowest BCUT2D eigenvalue weighted by atomic mass is 10.00. The molecule has 3 heterocycles. The van der Waals surface area contributed by atoms with Gasteiger partial charge in [-0.1, -0.05) is 36.4 Å². The molecular formula is C26H21N5O. The third-order valence-electron chi connectivity index (χ3n) is 5.59. The number of nitrogens with zero attached hydrogens (tertiary/aromatic N) is 4. The molecule has 1 amide bonds. The maximum atomic E-state index is 12.6. The molecule has 156 valence electrons. The van der Waals surface area contributed by atoms with Crippen molar-refractivity contribution in [1.29, 1.82) is 0 Å². The molecule has 5 rings (SSSR count). The first-order chi connectivity index (χ1) is 15.7. The van der Waals surface area contributed by atoms with Gasteiger partial charge in [-0.25, -0.2) is 9.97 Å². The SMILES string of the molecule is C[C@H](NC(=O)c1ncc(C2=CCc3ncc(-c4ccncc4)cc32)cn1)c1ccccc1. The molecule has 1 aliphatic carbocycles. The quantitative estimate of drug-likeness (QED) is 0.518. The van der Waals surface area contributed by atoms with Crippen molar-refractivity contribution in [3.8, 4) is 11.1 Å². The van der Waals surface area contributed by atoms with Crippen molar-refractivity contribution in [1.82, 2.24) is 25.3 Å². The van der Waals surface area contributed by atoms with Crippen molar-refractivity contribution in [2.75, 3.05) is 0 Å². The number of allylic oxidation sites excluding steroid dienone is 1. The van der Waals surface area contributed by atoms with Crippen LogP contribution in [0, 0.1) is 0 Å². The van der Waals surface area contributed by atoms with E-state index in [-0.39, 0.29) is 17.8 Å². The molecule has 0 saturated carbocycles. The molecule has 1 aromatic carbocycles. The predicted octanol–water partition coefficient (Wildman–Crippen LogP) is 4.41. The summed E-state index contributed by atoms with van der Waals surface area (Å²) in [6.45, 7) is 1.94. The number of nitrogens with one attached hydrogen (secondary N) is 1. The average molecular weight is 419 g/mol. The Morgan fingerprint density at radius 3 is 2.38 bits per heavy atom. The van der Waals surface area contributed by atoms with Crippen LogP contribution in [0.3, 0.4) is 0 Å². The van der Waals surface area contributed by atoms with Crippen molar-refractivity contribution in [2.24, 2.45) is 0 Å². The average Bonchev–Trinajstić information content (AvgIpc) is 3.28. The molecule has 4 aromatic rings. The molecule has 0 bridgehead atoms. The number of hydrogen-bond donors (Lipinski definition) is 1. The highest BCUT2D eigenvalue weighted by atomic mass is 16.2. The zero-order valence-electron chi connectivity index (χ0n) is 17.6. The Morgan fingerprint density at radius 2 is 1.62 bits per heavy atom. The molecule has 0 saturated heterocycles. The topological polar surface area (TPSA) is 80.7 Å². The summed E-state index contributed by atoms with van der Waals surface area (Å²) in [6.07, 6.45) is 11.7. The molecule has 3 aromatic heterocycles. The summed E-state index contributed by atoms with van der Waals surface area (Å²) in [5, 5.41) is 2.95. The number of carbonyl (C=O) groups is 1. The van der Waals surface area contributed by atoms with E-state index in [2.05, 4.69) is 37.4 Å². The number of carbonyl (C=O) groups excluding carboxylic acids is 1. The number of hydrogen-bond acceptors (Lipinski definition) is 5. The maximum Gasteiger partial charge on any atom is 0.289 e. The van der Waals surface area contributed by atoms with Gasteiger partial charge in [-0.05, 0) is 41.8 Å². The van der Waals surface area contributed by atoms with Crippen LogP contribution >= 0.6 is 0 Å². The lowest BCUT2D eigenvalue weighted by molar-refractivity contribution is 0.0929. The van der Waals surface area contributed by atoms with E-state index in [1.54, 1.807) is 24.8 Å². The Kier molecular flexibility index (Phi) is 5.25. The molecule has 0 spiro atoms. The molecule has 1 aliphatic rings. The second-order valence-electron chi connectivity index (χ2n) is 7.68. The third-order valence-corrected chi connectivity index (χ3v) is 5.59. The lowest BCUT2D eigenvalue weighted by Gasteiger charge is -2.13.